The van der Waals surface area contributed by atoms with E-state index in [2.05, 4.69) is 34.6 Å². The molecule has 0 aromatic carbocycles. The molecule has 19 heavy (non-hydrogen) atoms. The molecule has 0 aromatic heterocycles. The Kier molecular flexibility index (Phi) is 4.34. The van der Waals surface area contributed by atoms with Gasteiger partial charge in [0.05, 0.1) is 0 Å². The maximum Gasteiger partial charge on any atom is 0.472 e. The van der Waals surface area contributed by atoms with Gasteiger partial charge in [-0.3, -0.25) is 0 Å². The van der Waals surface area contributed by atoms with Crippen LogP contribution in [0.5, 0.6) is 0 Å². The minimum atomic E-state index is -0.810. The normalized spacial score (nSPS) is 37.9. The SMILES string of the molecule is CC(C)C[C@H](N)B(O)OC1C[C@@H]2CC([C@H]1C)C2(C)C. The van der Waals surface area contributed by atoms with Crippen LogP contribution in [-0.2, 0) is 4.65 Å². The highest BCUT2D eigenvalue weighted by Crippen LogP contribution is 2.61. The van der Waals surface area contributed by atoms with Crippen LogP contribution in [0.15, 0.2) is 0 Å². The number of rotatable bonds is 5. The average Bonchev–Trinajstić information content (AvgIpc) is 2.29. The first kappa shape index (κ1) is 15.3. The summed E-state index contributed by atoms with van der Waals surface area (Å²) in [5, 5.41) is 10.1. The van der Waals surface area contributed by atoms with Crippen LogP contribution in [0.3, 0.4) is 0 Å². The van der Waals surface area contributed by atoms with E-state index < -0.39 is 7.12 Å². The molecule has 3 fully saturated rings. The number of hydrogen-bond donors (Lipinski definition) is 2. The van der Waals surface area contributed by atoms with E-state index in [0.29, 0.717) is 17.3 Å². The van der Waals surface area contributed by atoms with Gasteiger partial charge in [0.25, 0.3) is 0 Å². The second kappa shape index (κ2) is 5.38. The van der Waals surface area contributed by atoms with Gasteiger partial charge in [0, 0.05) is 12.0 Å². The van der Waals surface area contributed by atoms with Gasteiger partial charge in [-0.1, -0.05) is 34.6 Å². The van der Waals surface area contributed by atoms with E-state index in [0.717, 1.165) is 24.7 Å². The van der Waals surface area contributed by atoms with Crippen LogP contribution in [0.1, 0.15) is 53.9 Å². The van der Waals surface area contributed by atoms with Crippen LogP contribution in [-0.4, -0.2) is 24.2 Å². The van der Waals surface area contributed by atoms with Crippen LogP contribution in [0, 0.1) is 29.1 Å². The lowest BCUT2D eigenvalue weighted by Crippen LogP contribution is -2.59. The van der Waals surface area contributed by atoms with Crippen molar-refractivity contribution in [2.45, 2.75) is 65.9 Å². The van der Waals surface area contributed by atoms with Gasteiger partial charge in [-0.25, -0.2) is 0 Å². The van der Waals surface area contributed by atoms with Gasteiger partial charge in [-0.15, -0.1) is 0 Å². The Labute approximate surface area is 118 Å². The highest BCUT2D eigenvalue weighted by molar-refractivity contribution is 6.44. The first-order valence-corrected chi connectivity index (χ1v) is 7.82. The Hall–Kier alpha value is -0.0551. The Bertz CT molecular complexity index is 321. The van der Waals surface area contributed by atoms with E-state index in [4.69, 9.17) is 10.4 Å². The predicted octanol–water partition coefficient (Wildman–Crippen LogP) is 2.47. The molecule has 0 heterocycles. The van der Waals surface area contributed by atoms with Crippen LogP contribution >= 0.6 is 0 Å². The molecule has 3 nitrogen and oxygen atoms in total. The fraction of sp³-hybridized carbons (Fsp3) is 1.00. The molecule has 0 saturated heterocycles. The van der Waals surface area contributed by atoms with Crippen molar-refractivity contribution in [3.05, 3.63) is 0 Å². The minimum Gasteiger partial charge on any atom is -0.426 e. The lowest BCUT2D eigenvalue weighted by molar-refractivity contribution is -0.151. The van der Waals surface area contributed by atoms with Gasteiger partial charge in [0.1, 0.15) is 0 Å². The van der Waals surface area contributed by atoms with Gasteiger partial charge in [0.2, 0.25) is 0 Å². The van der Waals surface area contributed by atoms with Gasteiger partial charge in [0.15, 0.2) is 0 Å². The monoisotopic (exact) mass is 267 g/mol. The van der Waals surface area contributed by atoms with Crippen molar-refractivity contribution in [1.82, 2.24) is 0 Å². The summed E-state index contributed by atoms with van der Waals surface area (Å²) >= 11 is 0. The van der Waals surface area contributed by atoms with Gasteiger partial charge in [-0.05, 0) is 48.3 Å². The molecule has 0 amide bonds. The molecule has 0 aromatic rings. The third-order valence-electron chi connectivity index (χ3n) is 5.71. The maximum atomic E-state index is 10.1. The molecule has 0 radical (unpaired) electrons. The van der Waals surface area contributed by atoms with E-state index in [9.17, 15) is 5.02 Å². The van der Waals surface area contributed by atoms with Crippen molar-refractivity contribution >= 4 is 7.12 Å². The molecule has 5 atom stereocenters. The molecule has 2 unspecified atom stereocenters. The van der Waals surface area contributed by atoms with Crippen LogP contribution < -0.4 is 5.73 Å². The van der Waals surface area contributed by atoms with E-state index in [1.54, 1.807) is 0 Å². The summed E-state index contributed by atoms with van der Waals surface area (Å²) in [7, 11) is -0.810. The Morgan fingerprint density at radius 3 is 2.47 bits per heavy atom. The van der Waals surface area contributed by atoms with E-state index in [-0.39, 0.29) is 12.0 Å². The molecule has 0 spiro atoms. The minimum absolute atomic E-state index is 0.185. The third-order valence-corrected chi connectivity index (χ3v) is 5.71. The maximum absolute atomic E-state index is 10.1. The zero-order valence-corrected chi connectivity index (χ0v) is 13.1. The predicted molar refractivity (Wildman–Crippen MR) is 79.4 cm³/mol. The highest BCUT2D eigenvalue weighted by atomic mass is 16.5. The molecule has 110 valence electrons. The number of nitrogens with two attached hydrogens (primary N) is 1. The largest absolute Gasteiger partial charge is 0.472 e. The number of hydrogen-bond acceptors (Lipinski definition) is 3. The summed E-state index contributed by atoms with van der Waals surface area (Å²) in [4.78, 5) is 0. The van der Waals surface area contributed by atoms with Crippen LogP contribution in [0.25, 0.3) is 0 Å². The molecule has 0 aliphatic heterocycles. The summed E-state index contributed by atoms with van der Waals surface area (Å²) in [6.45, 7) is 11.3. The quantitative estimate of drug-likeness (QED) is 0.752. The summed E-state index contributed by atoms with van der Waals surface area (Å²) in [5.41, 5.74) is 6.47. The van der Waals surface area contributed by atoms with Crippen LogP contribution in [0.2, 0.25) is 0 Å². The topological polar surface area (TPSA) is 55.5 Å². The standard InChI is InChI=1S/C15H30BNO2/c1-9(2)6-14(17)16(18)19-13-8-11-7-12(10(13)3)15(11,4)5/h9-14,18H,6-8,17H2,1-5H3/t10-,11+,12?,13?,14+/m1/s1. The van der Waals surface area contributed by atoms with Gasteiger partial charge < -0.3 is 15.4 Å². The summed E-state index contributed by atoms with van der Waals surface area (Å²) in [5.74, 6) is 2.25. The molecule has 2 bridgehead atoms. The molecule has 4 heteroatoms. The van der Waals surface area contributed by atoms with Crippen molar-refractivity contribution in [1.29, 1.82) is 0 Å². The Morgan fingerprint density at radius 2 is 2.00 bits per heavy atom. The zero-order chi connectivity index (χ0) is 14.4. The van der Waals surface area contributed by atoms with Crippen molar-refractivity contribution in [2.75, 3.05) is 0 Å². The molecular weight excluding hydrogens is 237 g/mol. The summed E-state index contributed by atoms with van der Waals surface area (Å²) < 4.78 is 5.89. The Balaban J connectivity index is 1.87. The highest BCUT2D eigenvalue weighted by Gasteiger charge is 2.56. The van der Waals surface area contributed by atoms with Gasteiger partial charge in [-0.2, -0.15) is 0 Å². The zero-order valence-electron chi connectivity index (χ0n) is 13.1. The summed E-state index contributed by atoms with van der Waals surface area (Å²) in [6, 6.07) is 0. The molecule has 3 aliphatic carbocycles. The van der Waals surface area contributed by atoms with Crippen molar-refractivity contribution < 1.29 is 9.68 Å². The molecule has 3 saturated carbocycles. The summed E-state index contributed by atoms with van der Waals surface area (Å²) in [6.07, 6.45) is 3.41. The van der Waals surface area contributed by atoms with Crippen LogP contribution in [0.4, 0.5) is 0 Å². The second-order valence-electron chi connectivity index (χ2n) is 7.81. The lowest BCUT2D eigenvalue weighted by atomic mass is 9.45. The van der Waals surface area contributed by atoms with Crippen molar-refractivity contribution in [3.63, 3.8) is 0 Å². The molecular formula is C15H30BNO2. The third kappa shape index (κ3) is 2.86. The fourth-order valence-corrected chi connectivity index (χ4v) is 4.22. The molecule has 3 N–H and O–H groups in total. The van der Waals surface area contributed by atoms with Gasteiger partial charge >= 0.3 is 7.12 Å². The first-order chi connectivity index (χ1) is 8.73. The van der Waals surface area contributed by atoms with Crippen molar-refractivity contribution in [3.8, 4) is 0 Å². The van der Waals surface area contributed by atoms with E-state index >= 15 is 0 Å². The fourth-order valence-electron chi connectivity index (χ4n) is 4.22. The molecule has 3 aliphatic rings. The second-order valence-corrected chi connectivity index (χ2v) is 7.81. The number of fused-ring (bicyclic) bond motifs is 2. The Morgan fingerprint density at radius 1 is 1.37 bits per heavy atom. The van der Waals surface area contributed by atoms with E-state index in [1.165, 1.54) is 6.42 Å². The first-order valence-electron chi connectivity index (χ1n) is 7.82. The molecule has 3 rings (SSSR count). The van der Waals surface area contributed by atoms with Crippen molar-refractivity contribution in [2.24, 2.45) is 34.8 Å². The lowest BCUT2D eigenvalue weighted by Gasteiger charge is -2.62. The van der Waals surface area contributed by atoms with E-state index in [1.807, 2.05) is 0 Å². The average molecular weight is 267 g/mol. The smallest absolute Gasteiger partial charge is 0.426 e.